The Kier molecular flexibility index (Phi) is 20.7. The zero-order valence-electron chi connectivity index (χ0n) is 32.2. The number of nitrogens with one attached hydrogen (secondary N) is 3. The highest BCUT2D eigenvalue weighted by atomic mass is 19.4. The van der Waals surface area contributed by atoms with Crippen molar-refractivity contribution in [2.24, 2.45) is 0 Å². The van der Waals surface area contributed by atoms with E-state index in [-0.39, 0.29) is 82.4 Å². The van der Waals surface area contributed by atoms with Gasteiger partial charge in [-0.25, -0.2) is 4.98 Å². The minimum atomic E-state index is -4.73. The summed E-state index contributed by atoms with van der Waals surface area (Å²) in [4.78, 5) is 67.0. The van der Waals surface area contributed by atoms with E-state index in [4.69, 9.17) is 28.4 Å². The summed E-state index contributed by atoms with van der Waals surface area (Å²) in [7, 11) is 0. The molecule has 0 bridgehead atoms. The number of hydrogen-bond donors (Lipinski definition) is 3. The van der Waals surface area contributed by atoms with Gasteiger partial charge in [0.15, 0.2) is 17.9 Å². The third-order valence-electron chi connectivity index (χ3n) is 8.33. The normalized spacial score (nSPS) is 17.9. The molecule has 16 nitrogen and oxygen atoms in total. The molecule has 2 aromatic rings. The van der Waals surface area contributed by atoms with Crippen LogP contribution in [-0.2, 0) is 65.2 Å². The number of anilines is 1. The van der Waals surface area contributed by atoms with E-state index in [1.165, 1.54) is 6.92 Å². The number of nitrogens with zero attached hydrogens (tertiary/aromatic N) is 2. The number of benzene rings is 1. The van der Waals surface area contributed by atoms with Crippen molar-refractivity contribution in [1.82, 2.24) is 20.6 Å². The van der Waals surface area contributed by atoms with Crippen LogP contribution < -0.4 is 16.0 Å². The molecule has 1 aromatic carbocycles. The van der Waals surface area contributed by atoms with Gasteiger partial charge in [0.25, 0.3) is 0 Å². The molecule has 4 atom stereocenters. The molecule has 0 radical (unpaired) electrons. The Morgan fingerprint density at radius 2 is 1.49 bits per heavy atom. The second-order valence-corrected chi connectivity index (χ2v) is 13.1. The molecular formula is C38H52F3N5O11. The standard InChI is InChI=1S/C38H52F3N5O11/c1-26(47)56-36-29(45-32-22-42-21-31(46-32)38(39,40)41)24-54-30(37(36)57-27(2)48)25-53-18-9-4-3-8-16-43-34(50)15-19-52-20-17-44-33(49)13-10-14-35(51)55-23-28-11-6-5-7-12-28/h5-7,11-12,21-22,29-30,36-37H,3-4,8-10,13-20,23-25H2,1-2H3,(H,43,50)(H,44,49)(H,45,46)/t29-,30+,36+,37-/m0/s1. The van der Waals surface area contributed by atoms with Crippen molar-refractivity contribution in [2.75, 3.05) is 51.4 Å². The molecule has 1 aromatic heterocycles. The molecule has 2 amide bonds. The topological polar surface area (TPSA) is 203 Å². The van der Waals surface area contributed by atoms with Crippen LogP contribution in [0.5, 0.6) is 0 Å². The largest absolute Gasteiger partial charge is 0.461 e. The van der Waals surface area contributed by atoms with E-state index in [2.05, 4.69) is 25.9 Å². The molecule has 2 heterocycles. The lowest BCUT2D eigenvalue weighted by molar-refractivity contribution is -0.202. The number of aromatic nitrogens is 2. The van der Waals surface area contributed by atoms with Gasteiger partial charge in [0, 0.05) is 52.8 Å². The molecule has 1 aliphatic heterocycles. The van der Waals surface area contributed by atoms with Crippen LogP contribution in [0, 0.1) is 0 Å². The Hall–Kier alpha value is -4.88. The summed E-state index contributed by atoms with van der Waals surface area (Å²) in [6.45, 7) is 3.97. The molecule has 3 rings (SSSR count). The highest BCUT2D eigenvalue weighted by Gasteiger charge is 2.45. The van der Waals surface area contributed by atoms with E-state index in [1.807, 2.05) is 30.3 Å². The van der Waals surface area contributed by atoms with Crippen molar-refractivity contribution in [3.8, 4) is 0 Å². The number of carbonyl (C=O) groups is 5. The van der Waals surface area contributed by atoms with Gasteiger partial charge in [0.1, 0.15) is 18.5 Å². The molecule has 316 valence electrons. The van der Waals surface area contributed by atoms with Crippen LogP contribution >= 0.6 is 0 Å². The maximum Gasteiger partial charge on any atom is 0.434 e. The van der Waals surface area contributed by atoms with Crippen LogP contribution in [0.25, 0.3) is 0 Å². The number of esters is 3. The van der Waals surface area contributed by atoms with E-state index in [0.717, 1.165) is 37.9 Å². The highest BCUT2D eigenvalue weighted by molar-refractivity contribution is 5.77. The number of alkyl halides is 3. The van der Waals surface area contributed by atoms with Gasteiger partial charge >= 0.3 is 24.1 Å². The number of carbonyl (C=O) groups excluding carboxylic acids is 5. The Balaban J connectivity index is 1.21. The number of halogens is 3. The van der Waals surface area contributed by atoms with E-state index in [0.29, 0.717) is 32.2 Å². The van der Waals surface area contributed by atoms with Crippen molar-refractivity contribution in [2.45, 2.75) is 102 Å². The van der Waals surface area contributed by atoms with Crippen LogP contribution in [0.2, 0.25) is 0 Å². The second kappa shape index (κ2) is 25.4. The predicted octanol–water partition coefficient (Wildman–Crippen LogP) is 3.67. The SMILES string of the molecule is CC(=O)O[C@@H]1[C@H](OC(C)=O)[C@@H](Nc2cncc(C(F)(F)F)n2)CO[C@@H]1COCCCCCCNC(=O)CCOCCNC(=O)CCCC(=O)OCc1ccccc1. The van der Waals surface area contributed by atoms with Crippen molar-refractivity contribution < 1.29 is 65.6 Å². The minimum absolute atomic E-state index is 0.00972. The zero-order chi connectivity index (χ0) is 41.5. The molecule has 1 aliphatic rings. The smallest absolute Gasteiger partial charge is 0.434 e. The minimum Gasteiger partial charge on any atom is -0.461 e. The lowest BCUT2D eigenvalue weighted by Gasteiger charge is -2.41. The van der Waals surface area contributed by atoms with Gasteiger partial charge in [-0.2, -0.15) is 13.2 Å². The molecule has 0 spiro atoms. The van der Waals surface area contributed by atoms with Gasteiger partial charge in [0.2, 0.25) is 11.8 Å². The zero-order valence-corrected chi connectivity index (χ0v) is 32.2. The number of ether oxygens (including phenoxy) is 6. The second-order valence-electron chi connectivity index (χ2n) is 13.1. The van der Waals surface area contributed by atoms with Crippen LogP contribution in [-0.4, -0.2) is 110 Å². The summed E-state index contributed by atoms with van der Waals surface area (Å²) in [5, 5.41) is 8.31. The van der Waals surface area contributed by atoms with E-state index in [9.17, 15) is 37.1 Å². The summed E-state index contributed by atoms with van der Waals surface area (Å²) in [5.74, 6) is -2.32. The van der Waals surface area contributed by atoms with Gasteiger partial charge in [0.05, 0.1) is 44.9 Å². The average Bonchev–Trinajstić information content (AvgIpc) is 3.16. The van der Waals surface area contributed by atoms with Crippen LogP contribution in [0.4, 0.5) is 19.0 Å². The third kappa shape index (κ3) is 19.2. The molecule has 1 saturated heterocycles. The van der Waals surface area contributed by atoms with Gasteiger partial charge < -0.3 is 44.4 Å². The first kappa shape index (κ1) is 46.5. The summed E-state index contributed by atoms with van der Waals surface area (Å²) >= 11 is 0. The van der Waals surface area contributed by atoms with Gasteiger partial charge in [-0.05, 0) is 24.8 Å². The Morgan fingerprint density at radius 3 is 2.23 bits per heavy atom. The number of hydrogen-bond acceptors (Lipinski definition) is 14. The summed E-state index contributed by atoms with van der Waals surface area (Å²) in [5.41, 5.74) is -0.321. The molecule has 0 aliphatic carbocycles. The quantitative estimate of drug-likeness (QED) is 0.0745. The number of rotatable bonds is 25. The van der Waals surface area contributed by atoms with Crippen molar-refractivity contribution in [3.63, 3.8) is 0 Å². The molecule has 0 unspecified atom stereocenters. The number of amides is 2. The maximum absolute atomic E-state index is 13.2. The monoisotopic (exact) mass is 811 g/mol. The van der Waals surface area contributed by atoms with Crippen molar-refractivity contribution in [1.29, 1.82) is 0 Å². The molecular weight excluding hydrogens is 759 g/mol. The predicted molar refractivity (Wildman–Crippen MR) is 196 cm³/mol. The lowest BCUT2D eigenvalue weighted by atomic mass is 9.97. The molecule has 0 saturated carbocycles. The van der Waals surface area contributed by atoms with Crippen molar-refractivity contribution in [3.05, 3.63) is 54.0 Å². The highest BCUT2D eigenvalue weighted by Crippen LogP contribution is 2.29. The van der Waals surface area contributed by atoms with Gasteiger partial charge in [-0.1, -0.05) is 43.2 Å². The van der Waals surface area contributed by atoms with Gasteiger partial charge in [-0.3, -0.25) is 29.0 Å². The molecule has 19 heteroatoms. The summed E-state index contributed by atoms with van der Waals surface area (Å²) in [6.07, 6.45) is -2.19. The first-order valence-corrected chi connectivity index (χ1v) is 18.8. The first-order chi connectivity index (χ1) is 27.3. The van der Waals surface area contributed by atoms with E-state index >= 15 is 0 Å². The summed E-state index contributed by atoms with van der Waals surface area (Å²) in [6, 6.07) is 8.41. The van der Waals surface area contributed by atoms with Crippen molar-refractivity contribution >= 4 is 35.5 Å². The maximum atomic E-state index is 13.2. The fraction of sp³-hybridized carbons (Fsp3) is 0.605. The average molecular weight is 812 g/mol. The lowest BCUT2D eigenvalue weighted by Crippen LogP contribution is -2.59. The first-order valence-electron chi connectivity index (χ1n) is 18.8. The Labute approximate surface area is 329 Å². The van der Waals surface area contributed by atoms with Crippen LogP contribution in [0.3, 0.4) is 0 Å². The fourth-order valence-corrected chi connectivity index (χ4v) is 5.58. The Morgan fingerprint density at radius 1 is 0.789 bits per heavy atom. The van der Waals surface area contributed by atoms with E-state index in [1.54, 1.807) is 0 Å². The third-order valence-corrected chi connectivity index (χ3v) is 8.33. The van der Waals surface area contributed by atoms with E-state index < -0.39 is 48.2 Å². The van der Waals surface area contributed by atoms with Gasteiger partial charge in [-0.15, -0.1) is 0 Å². The van der Waals surface area contributed by atoms with Crippen LogP contribution in [0.15, 0.2) is 42.7 Å². The molecule has 3 N–H and O–H groups in total. The fourth-order valence-electron chi connectivity index (χ4n) is 5.58. The number of unbranched alkanes of at least 4 members (excludes halogenated alkanes) is 3. The Bertz CT molecular complexity index is 1550. The van der Waals surface area contributed by atoms with Crippen LogP contribution in [0.1, 0.15) is 76.5 Å². The summed E-state index contributed by atoms with van der Waals surface area (Å²) < 4.78 is 72.6. The molecule has 1 fully saturated rings. The molecule has 57 heavy (non-hydrogen) atoms.